The SMILES string of the molecule is CN(C)[C@@H]1C(=O)C(C(N)=O)C(=O)[C@@]2(O)C(=O)C3C(=O)c4c(ccc(NC(=O)CN5CCCC5)c4O)CC3CC12. The van der Waals surface area contributed by atoms with Gasteiger partial charge in [0, 0.05) is 5.92 Å². The molecule has 39 heavy (non-hydrogen) atoms. The lowest BCUT2D eigenvalue weighted by Gasteiger charge is -2.52. The summed E-state index contributed by atoms with van der Waals surface area (Å²) in [6, 6.07) is 1.95. The van der Waals surface area contributed by atoms with Crippen molar-refractivity contribution in [3.8, 4) is 5.75 Å². The van der Waals surface area contributed by atoms with Gasteiger partial charge in [0.25, 0.3) is 0 Å². The maximum Gasteiger partial charge on any atom is 0.238 e. The molecule has 6 atom stereocenters. The van der Waals surface area contributed by atoms with E-state index in [-0.39, 0.29) is 36.5 Å². The van der Waals surface area contributed by atoms with Crippen LogP contribution in [0.1, 0.15) is 35.2 Å². The quantitative estimate of drug-likeness (QED) is 0.264. The van der Waals surface area contributed by atoms with E-state index in [1.165, 1.54) is 25.1 Å². The highest BCUT2D eigenvalue weighted by Gasteiger charge is 2.69. The number of rotatable bonds is 5. The number of hydrogen-bond donors (Lipinski definition) is 4. The average molecular weight is 541 g/mol. The number of nitrogens with one attached hydrogen (secondary N) is 1. The zero-order chi connectivity index (χ0) is 28.4. The van der Waals surface area contributed by atoms with E-state index in [1.54, 1.807) is 6.07 Å². The molecule has 3 aliphatic carbocycles. The van der Waals surface area contributed by atoms with E-state index in [2.05, 4.69) is 5.32 Å². The Morgan fingerprint density at radius 2 is 1.79 bits per heavy atom. The van der Waals surface area contributed by atoms with Crippen molar-refractivity contribution < 1.29 is 39.0 Å². The number of anilines is 1. The molecule has 0 aromatic heterocycles. The second-order valence-corrected chi connectivity index (χ2v) is 11.3. The molecular formula is C27H32N4O8. The van der Waals surface area contributed by atoms with E-state index in [0.717, 1.165) is 25.9 Å². The van der Waals surface area contributed by atoms with Gasteiger partial charge >= 0.3 is 0 Å². The summed E-state index contributed by atoms with van der Waals surface area (Å²) < 4.78 is 0. The zero-order valence-electron chi connectivity index (χ0n) is 21.8. The fourth-order valence-electron chi connectivity index (χ4n) is 7.02. The van der Waals surface area contributed by atoms with Crippen LogP contribution in [0.5, 0.6) is 5.75 Å². The number of nitrogens with zero attached hydrogens (tertiary/aromatic N) is 2. The number of Topliss-reactive ketones (excluding diaryl/α,β-unsaturated/α-hetero) is 4. The molecule has 1 aromatic carbocycles. The summed E-state index contributed by atoms with van der Waals surface area (Å²) in [4.78, 5) is 82.0. The molecule has 12 heteroatoms. The first-order valence-electron chi connectivity index (χ1n) is 13.1. The highest BCUT2D eigenvalue weighted by atomic mass is 16.3. The van der Waals surface area contributed by atoms with E-state index in [9.17, 15) is 39.0 Å². The van der Waals surface area contributed by atoms with Crippen molar-refractivity contribution in [1.29, 1.82) is 0 Å². The van der Waals surface area contributed by atoms with Gasteiger partial charge in [0.2, 0.25) is 11.8 Å². The number of primary amides is 1. The van der Waals surface area contributed by atoms with Crippen LogP contribution in [0.4, 0.5) is 5.69 Å². The molecule has 1 aromatic rings. The summed E-state index contributed by atoms with van der Waals surface area (Å²) in [5.74, 6) is -11.4. The Balaban J connectivity index is 1.49. The molecule has 208 valence electrons. The van der Waals surface area contributed by atoms with Crippen LogP contribution in [0.15, 0.2) is 12.1 Å². The molecular weight excluding hydrogens is 508 g/mol. The van der Waals surface area contributed by atoms with Gasteiger partial charge in [-0.2, -0.15) is 0 Å². The van der Waals surface area contributed by atoms with Crippen LogP contribution in [-0.4, -0.2) is 100 Å². The van der Waals surface area contributed by atoms with E-state index >= 15 is 0 Å². The monoisotopic (exact) mass is 540 g/mol. The fraction of sp³-hybridized carbons (Fsp3) is 0.556. The van der Waals surface area contributed by atoms with Crippen LogP contribution in [-0.2, 0) is 30.4 Å². The molecule has 2 saturated carbocycles. The number of likely N-dealkylation sites (tertiary alicyclic amines) is 1. The summed E-state index contributed by atoms with van der Waals surface area (Å²) in [6.07, 6.45) is 2.16. The van der Waals surface area contributed by atoms with Crippen LogP contribution in [0.3, 0.4) is 0 Å². The minimum atomic E-state index is -2.77. The van der Waals surface area contributed by atoms with E-state index in [0.29, 0.717) is 5.56 Å². The largest absolute Gasteiger partial charge is 0.505 e. The molecule has 2 amide bonds. The number of nitrogens with two attached hydrogens (primary N) is 1. The number of ketones is 4. The molecule has 1 aliphatic heterocycles. The van der Waals surface area contributed by atoms with Crippen LogP contribution in [0, 0.1) is 23.7 Å². The highest BCUT2D eigenvalue weighted by Crippen LogP contribution is 2.51. The Kier molecular flexibility index (Phi) is 6.68. The smallest absolute Gasteiger partial charge is 0.238 e. The third kappa shape index (κ3) is 4.09. The van der Waals surface area contributed by atoms with Crippen molar-refractivity contribution in [2.75, 3.05) is 39.0 Å². The van der Waals surface area contributed by atoms with Gasteiger partial charge in [-0.25, -0.2) is 0 Å². The fourth-order valence-corrected chi connectivity index (χ4v) is 7.02. The minimum Gasteiger partial charge on any atom is -0.505 e. The van der Waals surface area contributed by atoms with Crippen LogP contribution >= 0.6 is 0 Å². The third-order valence-electron chi connectivity index (χ3n) is 8.77. The second kappa shape index (κ2) is 9.61. The topological polar surface area (TPSA) is 187 Å². The van der Waals surface area contributed by atoms with Gasteiger partial charge in [-0.3, -0.25) is 38.6 Å². The predicted octanol–water partition coefficient (Wildman–Crippen LogP) is -1.10. The number of phenolic OH excluding ortho intramolecular Hbond substituents is 1. The van der Waals surface area contributed by atoms with Gasteiger partial charge in [0.1, 0.15) is 5.75 Å². The highest BCUT2D eigenvalue weighted by molar-refractivity contribution is 6.32. The number of benzene rings is 1. The molecule has 5 N–H and O–H groups in total. The predicted molar refractivity (Wildman–Crippen MR) is 136 cm³/mol. The van der Waals surface area contributed by atoms with Crippen LogP contribution in [0.25, 0.3) is 0 Å². The molecule has 3 fully saturated rings. The third-order valence-corrected chi connectivity index (χ3v) is 8.77. The van der Waals surface area contributed by atoms with Crippen molar-refractivity contribution in [3.05, 3.63) is 23.3 Å². The van der Waals surface area contributed by atoms with Gasteiger partial charge < -0.3 is 21.3 Å². The number of fused-ring (bicyclic) bond motifs is 3. The summed E-state index contributed by atoms with van der Waals surface area (Å²) >= 11 is 0. The Bertz CT molecular complexity index is 1300. The number of carbonyl (C=O) groups excluding carboxylic acids is 6. The van der Waals surface area contributed by atoms with E-state index < -0.39 is 70.1 Å². The minimum absolute atomic E-state index is 0.0149. The number of phenols is 1. The lowest BCUT2D eigenvalue weighted by molar-refractivity contribution is -0.181. The first-order chi connectivity index (χ1) is 18.4. The lowest BCUT2D eigenvalue weighted by Crippen LogP contribution is -2.74. The molecule has 1 heterocycles. The Morgan fingerprint density at radius 3 is 2.41 bits per heavy atom. The van der Waals surface area contributed by atoms with Gasteiger partial charge in [0.05, 0.1) is 29.8 Å². The van der Waals surface area contributed by atoms with Crippen LogP contribution in [0.2, 0.25) is 0 Å². The van der Waals surface area contributed by atoms with Crippen LogP contribution < -0.4 is 11.1 Å². The van der Waals surface area contributed by atoms with Crippen molar-refractivity contribution in [2.45, 2.75) is 37.3 Å². The molecule has 4 aliphatic rings. The Morgan fingerprint density at radius 1 is 1.13 bits per heavy atom. The zero-order valence-corrected chi connectivity index (χ0v) is 21.8. The van der Waals surface area contributed by atoms with Gasteiger partial charge in [-0.15, -0.1) is 0 Å². The maximum atomic E-state index is 13.8. The number of carbonyl (C=O) groups is 6. The number of aromatic hydroxyl groups is 1. The molecule has 5 rings (SSSR count). The molecule has 0 spiro atoms. The van der Waals surface area contributed by atoms with Gasteiger partial charge in [-0.1, -0.05) is 6.07 Å². The average Bonchev–Trinajstić information content (AvgIpc) is 3.35. The van der Waals surface area contributed by atoms with E-state index in [1.807, 2.05) is 4.90 Å². The summed E-state index contributed by atoms with van der Waals surface area (Å²) in [5.41, 5.74) is 2.88. The normalized spacial score (nSPS) is 32.6. The Labute approximate surface area is 224 Å². The van der Waals surface area contributed by atoms with Crippen molar-refractivity contribution in [2.24, 2.45) is 29.4 Å². The molecule has 1 saturated heterocycles. The Hall–Kier alpha value is -3.48. The summed E-state index contributed by atoms with van der Waals surface area (Å²) in [5, 5.41) is 25.2. The van der Waals surface area contributed by atoms with Gasteiger partial charge in [0.15, 0.2) is 34.7 Å². The second-order valence-electron chi connectivity index (χ2n) is 11.3. The van der Waals surface area contributed by atoms with Gasteiger partial charge in [-0.05, 0) is 70.4 Å². The molecule has 12 nitrogen and oxygen atoms in total. The lowest BCUT2D eigenvalue weighted by atomic mass is 9.52. The first kappa shape index (κ1) is 27.1. The van der Waals surface area contributed by atoms with Crippen molar-refractivity contribution in [3.63, 3.8) is 0 Å². The maximum absolute atomic E-state index is 13.8. The van der Waals surface area contributed by atoms with Crippen molar-refractivity contribution in [1.82, 2.24) is 9.80 Å². The number of hydrogen-bond acceptors (Lipinski definition) is 10. The summed E-state index contributed by atoms with van der Waals surface area (Å²) in [6.45, 7) is 1.73. The molecule has 0 bridgehead atoms. The first-order valence-corrected chi connectivity index (χ1v) is 13.1. The molecule has 4 unspecified atom stereocenters. The van der Waals surface area contributed by atoms with E-state index in [4.69, 9.17) is 5.73 Å². The molecule has 0 radical (unpaired) electrons. The number of likely N-dealkylation sites (N-methyl/N-ethyl adjacent to an activating group) is 1. The number of amides is 2. The standard InChI is InChI=1S/C27H32N4O8/c1-30(2)20-14-10-13-9-12-5-6-15(29-16(32)11-31-7-3-4-8-31)21(33)17(12)22(34)18(13)24(36)27(14,39)25(37)19(23(20)35)26(28)38/h5-6,13-14,18-20,33,39H,3-4,7-11H2,1-2H3,(H2,28,38)(H,29,32)/t13?,14?,18?,19?,20-,27-/m0/s1. The number of aliphatic hydroxyl groups is 1. The van der Waals surface area contributed by atoms with Crippen molar-refractivity contribution >= 4 is 40.6 Å². The summed E-state index contributed by atoms with van der Waals surface area (Å²) in [7, 11) is 3.07.